The summed E-state index contributed by atoms with van der Waals surface area (Å²) in [5.74, 6) is 2.19. The van der Waals surface area contributed by atoms with Gasteiger partial charge in [0.25, 0.3) is 0 Å². The minimum Gasteiger partial charge on any atom is -0.394 e. The van der Waals surface area contributed by atoms with Crippen molar-refractivity contribution in [2.75, 3.05) is 6.61 Å². The number of hydrogen-bond donors (Lipinski definition) is 1. The molecule has 36 heavy (non-hydrogen) atoms. The lowest BCUT2D eigenvalue weighted by Gasteiger charge is -2.54. The Balaban J connectivity index is 1.45. The smallest absolute Gasteiger partial charge is 0.157 e. The summed E-state index contributed by atoms with van der Waals surface area (Å²) in [6, 6.07) is 0.517. The monoisotopic (exact) mass is 517 g/mol. The first kappa shape index (κ1) is 26.4. The van der Waals surface area contributed by atoms with E-state index in [1.165, 1.54) is 141 Å². The van der Waals surface area contributed by atoms with Gasteiger partial charge in [0.05, 0.1) is 12.1 Å². The van der Waals surface area contributed by atoms with Gasteiger partial charge >= 0.3 is 0 Å². The lowest BCUT2D eigenvalue weighted by molar-refractivity contribution is 0.0276. The van der Waals surface area contributed by atoms with Crippen LogP contribution in [0.2, 0.25) is 0 Å². The number of aliphatic hydroxyl groups excluding tert-OH is 1. The van der Waals surface area contributed by atoms with E-state index in [-0.39, 0.29) is 12.1 Å². The molecule has 0 bridgehead atoms. The van der Waals surface area contributed by atoms with Crippen LogP contribution >= 0.6 is 7.29 Å². The van der Waals surface area contributed by atoms with Crippen molar-refractivity contribution in [1.29, 1.82) is 0 Å². The average molecular weight is 518 g/mol. The maximum atomic E-state index is 16.3. The summed E-state index contributed by atoms with van der Waals surface area (Å²) >= 11 is 0. The lowest BCUT2D eigenvalue weighted by atomic mass is 9.72. The minimum atomic E-state index is -2.61. The van der Waals surface area contributed by atoms with Gasteiger partial charge in [0.15, 0.2) is 7.29 Å². The van der Waals surface area contributed by atoms with Gasteiger partial charge in [0.1, 0.15) is 0 Å². The van der Waals surface area contributed by atoms with Crippen LogP contribution in [0.1, 0.15) is 148 Å². The molecule has 1 N–H and O–H groups in total. The summed E-state index contributed by atoms with van der Waals surface area (Å²) in [4.78, 5) is 0. The van der Waals surface area contributed by atoms with Crippen molar-refractivity contribution in [3.63, 3.8) is 0 Å². The summed E-state index contributed by atoms with van der Waals surface area (Å²) < 4.78 is 19.2. The Kier molecular flexibility index (Phi) is 7.78. The second-order valence-electron chi connectivity index (χ2n) is 14.5. The number of nitrogens with zero attached hydrogens (tertiary/aromatic N) is 1. The molecular formula is C32H56NO2P. The molecule has 5 saturated carbocycles. The zero-order chi connectivity index (χ0) is 24.8. The molecule has 6 aliphatic rings. The Labute approximate surface area is 222 Å². The van der Waals surface area contributed by atoms with Crippen LogP contribution in [0, 0.1) is 23.2 Å². The van der Waals surface area contributed by atoms with Gasteiger partial charge in [0, 0.05) is 17.4 Å². The second kappa shape index (κ2) is 10.6. The molecule has 0 radical (unpaired) electrons. The molecule has 4 heteroatoms. The highest BCUT2D eigenvalue weighted by atomic mass is 31.2. The fourth-order valence-electron chi connectivity index (χ4n) is 10.3. The van der Waals surface area contributed by atoms with E-state index in [4.69, 9.17) is 0 Å². The second-order valence-corrected chi connectivity index (χ2v) is 17.7. The first-order chi connectivity index (χ1) is 17.6. The third kappa shape index (κ3) is 4.42. The Morgan fingerprint density at radius 2 is 1.39 bits per heavy atom. The maximum Gasteiger partial charge on any atom is 0.157 e. The van der Waals surface area contributed by atoms with Crippen molar-refractivity contribution in [2.45, 2.75) is 171 Å². The van der Waals surface area contributed by atoms with Crippen molar-refractivity contribution < 1.29 is 9.67 Å². The topological polar surface area (TPSA) is 40.5 Å². The van der Waals surface area contributed by atoms with E-state index >= 15 is 4.57 Å². The summed E-state index contributed by atoms with van der Waals surface area (Å²) in [7, 11) is -2.61. The molecule has 0 aromatic rings. The standard InChI is InChI=1S/C32H56NO2P/c1-2-3-13-25-22-29(25)30-31(20-21-31)23-32(24-34,26-14-7-4-8-15-26)33(30)36(35,27-16-9-5-10-17-27)28-18-11-6-12-19-28/h25-30,34H,2-24H2,1H3/t25-,29-,30-,32+/m0/s1. The van der Waals surface area contributed by atoms with E-state index in [0.29, 0.717) is 28.7 Å². The van der Waals surface area contributed by atoms with E-state index < -0.39 is 7.29 Å². The van der Waals surface area contributed by atoms with Crippen molar-refractivity contribution in [1.82, 2.24) is 4.67 Å². The number of hydrogen-bond acceptors (Lipinski definition) is 2. The highest BCUT2D eigenvalue weighted by Crippen LogP contribution is 2.79. The van der Waals surface area contributed by atoms with Crippen molar-refractivity contribution in [2.24, 2.45) is 23.2 Å². The van der Waals surface area contributed by atoms with Gasteiger partial charge in [-0.3, -0.25) is 0 Å². The van der Waals surface area contributed by atoms with Crippen LogP contribution in [-0.4, -0.2) is 39.3 Å². The average Bonchev–Trinajstić information content (AvgIpc) is 3.86. The van der Waals surface area contributed by atoms with Gasteiger partial charge in [-0.1, -0.05) is 84.0 Å². The van der Waals surface area contributed by atoms with Crippen molar-refractivity contribution in [3.8, 4) is 0 Å². The SMILES string of the molecule is CCCC[C@H]1C[C@@H]1[C@@H]1N(P(=O)(C2CCCCC2)C2CCCCC2)[C@](CO)(C2CCCCC2)CC12CC2. The normalized spacial score (nSPS) is 38.6. The molecule has 5 aliphatic carbocycles. The molecule has 1 saturated heterocycles. The van der Waals surface area contributed by atoms with E-state index in [0.717, 1.165) is 11.8 Å². The van der Waals surface area contributed by atoms with Crippen LogP contribution in [0.5, 0.6) is 0 Å². The molecule has 4 atom stereocenters. The van der Waals surface area contributed by atoms with Crippen LogP contribution in [0.25, 0.3) is 0 Å². The molecule has 0 aromatic heterocycles. The summed E-state index contributed by atoms with van der Waals surface area (Å²) in [6.07, 6.45) is 28.4. The minimum absolute atomic E-state index is 0.191. The van der Waals surface area contributed by atoms with Crippen LogP contribution < -0.4 is 0 Å². The largest absolute Gasteiger partial charge is 0.394 e. The van der Waals surface area contributed by atoms with Gasteiger partial charge in [-0.05, 0) is 87.4 Å². The van der Waals surface area contributed by atoms with Gasteiger partial charge < -0.3 is 9.67 Å². The fourth-order valence-corrected chi connectivity index (χ4v) is 15.6. The van der Waals surface area contributed by atoms with Crippen LogP contribution in [0.4, 0.5) is 0 Å². The zero-order valence-corrected chi connectivity index (χ0v) is 24.4. The van der Waals surface area contributed by atoms with Crippen LogP contribution in [0.3, 0.4) is 0 Å². The molecule has 0 aromatic carbocycles. The molecule has 6 fully saturated rings. The van der Waals surface area contributed by atoms with Gasteiger partial charge in [0.2, 0.25) is 0 Å². The van der Waals surface area contributed by atoms with Gasteiger partial charge in [-0.25, -0.2) is 4.67 Å². The predicted octanol–water partition coefficient (Wildman–Crippen LogP) is 8.92. The molecule has 1 aliphatic heterocycles. The Bertz CT molecular complexity index is 770. The van der Waals surface area contributed by atoms with Gasteiger partial charge in [-0.2, -0.15) is 0 Å². The van der Waals surface area contributed by atoms with E-state index in [9.17, 15) is 5.11 Å². The van der Waals surface area contributed by atoms with Crippen molar-refractivity contribution >= 4 is 7.29 Å². The Morgan fingerprint density at radius 1 is 0.833 bits per heavy atom. The Hall–Kier alpha value is 0.150. The molecule has 6 rings (SSSR count). The quantitative estimate of drug-likeness (QED) is 0.310. The zero-order valence-electron chi connectivity index (χ0n) is 23.5. The summed E-state index contributed by atoms with van der Waals surface area (Å²) in [5, 5.41) is 11.5. The summed E-state index contributed by atoms with van der Waals surface area (Å²) in [6.45, 7) is 2.60. The third-order valence-electron chi connectivity index (χ3n) is 12.4. The van der Waals surface area contributed by atoms with E-state index in [1.807, 2.05) is 0 Å². The highest BCUT2D eigenvalue weighted by Gasteiger charge is 2.74. The number of aliphatic hydroxyl groups is 1. The molecule has 1 spiro atoms. The fraction of sp³-hybridized carbons (Fsp3) is 1.00. The van der Waals surface area contributed by atoms with Crippen LogP contribution in [-0.2, 0) is 4.57 Å². The highest BCUT2D eigenvalue weighted by molar-refractivity contribution is 7.63. The lowest BCUT2D eigenvalue weighted by Crippen LogP contribution is -2.56. The van der Waals surface area contributed by atoms with E-state index in [1.54, 1.807) is 0 Å². The molecule has 0 unspecified atom stereocenters. The van der Waals surface area contributed by atoms with E-state index in [2.05, 4.69) is 11.6 Å². The first-order valence-corrected chi connectivity index (χ1v) is 18.4. The third-order valence-corrected chi connectivity index (χ3v) is 16.8. The van der Waals surface area contributed by atoms with Crippen molar-refractivity contribution in [3.05, 3.63) is 0 Å². The maximum absolute atomic E-state index is 16.3. The molecular weight excluding hydrogens is 461 g/mol. The first-order valence-electron chi connectivity index (χ1n) is 16.6. The van der Waals surface area contributed by atoms with Gasteiger partial charge in [-0.15, -0.1) is 0 Å². The molecule has 206 valence electrons. The Morgan fingerprint density at radius 3 is 1.89 bits per heavy atom. The number of unbranched alkanes of at least 4 members (excludes halogenated alkanes) is 1. The molecule has 0 amide bonds. The van der Waals surface area contributed by atoms with Crippen LogP contribution in [0.15, 0.2) is 0 Å². The summed E-state index contributed by atoms with van der Waals surface area (Å²) in [5.41, 5.74) is 1.01. The predicted molar refractivity (Wildman–Crippen MR) is 151 cm³/mol. The number of rotatable bonds is 9. The molecule has 3 nitrogen and oxygen atoms in total. The molecule has 1 heterocycles.